The number of methoxy groups -OCH3 is 1. The molecule has 0 fully saturated rings. The van der Waals surface area contributed by atoms with Crippen molar-refractivity contribution < 1.29 is 19.4 Å². The highest BCUT2D eigenvalue weighted by Crippen LogP contribution is 2.25. The number of hydrogen-bond donors (Lipinski definition) is 3. The number of benzene rings is 2. The summed E-state index contributed by atoms with van der Waals surface area (Å²) in [5.74, 6) is 0.887. The first-order valence-electron chi connectivity index (χ1n) is 8.22. The van der Waals surface area contributed by atoms with Gasteiger partial charge in [0.05, 0.1) is 19.9 Å². The van der Waals surface area contributed by atoms with Gasteiger partial charge in [-0.15, -0.1) is 0 Å². The topological polar surface area (TPSA) is 92.2 Å². The Labute approximate surface area is 152 Å². The van der Waals surface area contributed by atoms with E-state index in [-0.39, 0.29) is 11.7 Å². The van der Waals surface area contributed by atoms with Gasteiger partial charge in [0.15, 0.2) is 11.5 Å². The Morgan fingerprint density at radius 3 is 2.65 bits per heavy atom. The maximum absolute atomic E-state index is 12.1. The van der Waals surface area contributed by atoms with Gasteiger partial charge in [-0.25, -0.2) is 5.43 Å². The van der Waals surface area contributed by atoms with Crippen molar-refractivity contribution in [2.24, 2.45) is 5.10 Å². The number of nitrogens with zero attached hydrogens (tertiary/aromatic N) is 1. The molecule has 1 atom stereocenters. The zero-order valence-corrected chi connectivity index (χ0v) is 15.0. The molecule has 7 heteroatoms. The third-order valence-corrected chi connectivity index (χ3v) is 3.53. The van der Waals surface area contributed by atoms with Crippen LogP contribution in [0.2, 0.25) is 0 Å². The summed E-state index contributed by atoms with van der Waals surface area (Å²) in [6.45, 7) is 4.27. The molecule has 2 rings (SSSR count). The van der Waals surface area contributed by atoms with E-state index in [0.717, 1.165) is 11.4 Å². The minimum atomic E-state index is -0.473. The number of aromatic hydroxyl groups is 1. The van der Waals surface area contributed by atoms with Gasteiger partial charge >= 0.3 is 0 Å². The van der Waals surface area contributed by atoms with Crippen molar-refractivity contribution in [3.63, 3.8) is 0 Å². The van der Waals surface area contributed by atoms with Crippen LogP contribution in [0.3, 0.4) is 0 Å². The molecule has 0 aliphatic rings. The second-order valence-electron chi connectivity index (χ2n) is 5.49. The second kappa shape index (κ2) is 9.31. The second-order valence-corrected chi connectivity index (χ2v) is 5.49. The molecule has 1 unspecified atom stereocenters. The first-order valence-corrected chi connectivity index (χ1v) is 8.22. The van der Waals surface area contributed by atoms with E-state index < -0.39 is 6.04 Å². The third kappa shape index (κ3) is 5.41. The Morgan fingerprint density at radius 2 is 2.00 bits per heavy atom. The van der Waals surface area contributed by atoms with E-state index in [0.29, 0.717) is 17.9 Å². The first-order chi connectivity index (χ1) is 12.5. The van der Waals surface area contributed by atoms with Crippen molar-refractivity contribution in [3.8, 4) is 17.2 Å². The predicted octanol–water partition coefficient (Wildman–Crippen LogP) is 2.75. The maximum Gasteiger partial charge on any atom is 0.262 e. The van der Waals surface area contributed by atoms with Crippen molar-refractivity contribution in [3.05, 3.63) is 48.0 Å². The van der Waals surface area contributed by atoms with E-state index in [4.69, 9.17) is 9.47 Å². The zero-order chi connectivity index (χ0) is 18.9. The van der Waals surface area contributed by atoms with Gasteiger partial charge in [-0.2, -0.15) is 5.10 Å². The van der Waals surface area contributed by atoms with E-state index >= 15 is 0 Å². The predicted molar refractivity (Wildman–Crippen MR) is 101 cm³/mol. The molecule has 2 aromatic carbocycles. The van der Waals surface area contributed by atoms with Crippen LogP contribution in [0.4, 0.5) is 5.69 Å². The van der Waals surface area contributed by atoms with Crippen LogP contribution in [0.25, 0.3) is 0 Å². The molecule has 0 bridgehead atoms. The molecule has 7 nitrogen and oxygen atoms in total. The number of rotatable bonds is 8. The summed E-state index contributed by atoms with van der Waals surface area (Å²) in [4.78, 5) is 12.1. The molecule has 138 valence electrons. The molecular weight excluding hydrogens is 334 g/mol. The van der Waals surface area contributed by atoms with Gasteiger partial charge < -0.3 is 19.9 Å². The van der Waals surface area contributed by atoms with Gasteiger partial charge in [0.1, 0.15) is 11.8 Å². The first kappa shape index (κ1) is 19.1. The minimum Gasteiger partial charge on any atom is -0.504 e. The lowest BCUT2D eigenvalue weighted by atomic mass is 10.2. The lowest BCUT2D eigenvalue weighted by Crippen LogP contribution is -2.34. The number of phenols is 1. The van der Waals surface area contributed by atoms with Crippen molar-refractivity contribution in [1.82, 2.24) is 5.43 Å². The minimum absolute atomic E-state index is 0.0434. The number of amides is 1. The van der Waals surface area contributed by atoms with Crippen LogP contribution in [-0.4, -0.2) is 37.0 Å². The van der Waals surface area contributed by atoms with Crippen LogP contribution in [0.1, 0.15) is 19.4 Å². The molecule has 0 aromatic heterocycles. The van der Waals surface area contributed by atoms with Gasteiger partial charge in [0.2, 0.25) is 0 Å². The highest BCUT2D eigenvalue weighted by atomic mass is 16.5. The Bertz CT molecular complexity index is 760. The summed E-state index contributed by atoms with van der Waals surface area (Å²) in [6.07, 6.45) is 1.48. The summed E-state index contributed by atoms with van der Waals surface area (Å²) in [6, 6.07) is 11.7. The van der Waals surface area contributed by atoms with Gasteiger partial charge in [0.25, 0.3) is 5.91 Å². The molecule has 0 radical (unpaired) electrons. The van der Waals surface area contributed by atoms with E-state index in [1.54, 1.807) is 19.1 Å². The van der Waals surface area contributed by atoms with E-state index in [1.807, 2.05) is 31.2 Å². The normalized spacial score (nSPS) is 11.8. The van der Waals surface area contributed by atoms with Crippen molar-refractivity contribution in [2.45, 2.75) is 19.9 Å². The van der Waals surface area contributed by atoms with Crippen LogP contribution >= 0.6 is 0 Å². The number of phenolic OH excluding ortho intramolecular Hbond substituents is 1. The molecule has 26 heavy (non-hydrogen) atoms. The summed E-state index contributed by atoms with van der Waals surface area (Å²) in [7, 11) is 1.46. The largest absolute Gasteiger partial charge is 0.504 e. The Kier molecular flexibility index (Phi) is 6.84. The van der Waals surface area contributed by atoms with Crippen LogP contribution in [0, 0.1) is 0 Å². The molecule has 0 spiro atoms. The quantitative estimate of drug-likeness (QED) is 0.499. The third-order valence-electron chi connectivity index (χ3n) is 3.53. The van der Waals surface area contributed by atoms with Gasteiger partial charge in [0, 0.05) is 5.69 Å². The molecule has 0 heterocycles. The summed E-state index contributed by atoms with van der Waals surface area (Å²) in [5, 5.41) is 16.6. The van der Waals surface area contributed by atoms with Crippen molar-refractivity contribution in [1.29, 1.82) is 0 Å². The van der Waals surface area contributed by atoms with Crippen LogP contribution < -0.4 is 20.2 Å². The smallest absolute Gasteiger partial charge is 0.262 e. The zero-order valence-electron chi connectivity index (χ0n) is 15.0. The molecule has 0 aliphatic heterocycles. The number of nitrogens with one attached hydrogen (secondary N) is 2. The van der Waals surface area contributed by atoms with Crippen LogP contribution in [0.15, 0.2) is 47.6 Å². The average molecular weight is 357 g/mol. The fourth-order valence-electron chi connectivity index (χ4n) is 2.17. The molecule has 3 N–H and O–H groups in total. The van der Waals surface area contributed by atoms with Crippen molar-refractivity contribution >= 4 is 17.8 Å². The van der Waals surface area contributed by atoms with Gasteiger partial charge in [-0.3, -0.25) is 4.79 Å². The van der Waals surface area contributed by atoms with E-state index in [9.17, 15) is 9.90 Å². The summed E-state index contributed by atoms with van der Waals surface area (Å²) in [5.41, 5.74) is 3.97. The highest BCUT2D eigenvalue weighted by Gasteiger charge is 2.11. The van der Waals surface area contributed by atoms with Crippen LogP contribution in [-0.2, 0) is 4.79 Å². The SMILES string of the molecule is CCOc1ccc(NC(C)C(=O)N/N=C\c2ccc(O)c(OC)c2)cc1. The molecule has 0 aliphatic carbocycles. The molecule has 2 aromatic rings. The number of hydrazone groups is 1. The Morgan fingerprint density at radius 1 is 1.27 bits per heavy atom. The van der Waals surface area contributed by atoms with E-state index in [1.165, 1.54) is 19.4 Å². The number of anilines is 1. The van der Waals surface area contributed by atoms with E-state index in [2.05, 4.69) is 15.8 Å². The number of ether oxygens (including phenoxy) is 2. The number of carbonyl (C=O) groups excluding carboxylic acids is 1. The molecule has 0 saturated carbocycles. The Hall–Kier alpha value is -3.22. The number of carbonyl (C=O) groups is 1. The molecule has 0 saturated heterocycles. The fraction of sp³-hybridized carbons (Fsp3) is 0.263. The standard InChI is InChI=1S/C19H23N3O4/c1-4-26-16-8-6-15(7-9-16)21-13(2)19(24)22-20-12-14-5-10-17(23)18(11-14)25-3/h5-13,21,23H,4H2,1-3H3,(H,22,24)/b20-12-. The Balaban J connectivity index is 1.88. The van der Waals surface area contributed by atoms with Gasteiger partial charge in [-0.05, 0) is 61.9 Å². The number of hydrogen-bond acceptors (Lipinski definition) is 6. The lowest BCUT2D eigenvalue weighted by Gasteiger charge is -2.14. The monoisotopic (exact) mass is 357 g/mol. The molecular formula is C19H23N3O4. The fourth-order valence-corrected chi connectivity index (χ4v) is 2.17. The molecule has 1 amide bonds. The van der Waals surface area contributed by atoms with Crippen LogP contribution in [0.5, 0.6) is 17.2 Å². The van der Waals surface area contributed by atoms with Gasteiger partial charge in [-0.1, -0.05) is 0 Å². The summed E-state index contributed by atoms with van der Waals surface area (Å²) >= 11 is 0. The van der Waals surface area contributed by atoms with Crippen molar-refractivity contribution in [2.75, 3.05) is 19.0 Å². The summed E-state index contributed by atoms with van der Waals surface area (Å²) < 4.78 is 10.4. The lowest BCUT2D eigenvalue weighted by molar-refractivity contribution is -0.121. The maximum atomic E-state index is 12.1. The average Bonchev–Trinajstić information content (AvgIpc) is 2.64. The highest BCUT2D eigenvalue weighted by molar-refractivity contribution is 5.86.